The van der Waals surface area contributed by atoms with Gasteiger partial charge in [-0.25, -0.2) is 9.59 Å². The number of hydrogen-bond acceptors (Lipinski definition) is 3. The Kier molecular flexibility index (Phi) is 5.03. The van der Waals surface area contributed by atoms with Crippen molar-refractivity contribution in [1.29, 1.82) is 0 Å². The molecule has 0 aromatic heterocycles. The summed E-state index contributed by atoms with van der Waals surface area (Å²) in [6.07, 6.45) is 1.24. The second-order valence-corrected chi connectivity index (χ2v) is 7.16. The molecule has 1 atom stereocenters. The molecule has 1 fully saturated rings. The van der Waals surface area contributed by atoms with Gasteiger partial charge in [-0.2, -0.15) is 0 Å². The molecule has 5 heteroatoms. The molecule has 0 saturated carbocycles. The second kappa shape index (κ2) is 7.77. The summed E-state index contributed by atoms with van der Waals surface area (Å²) in [7, 11) is 0. The lowest BCUT2D eigenvalue weighted by Crippen LogP contribution is -2.40. The fraction of sp³-hybridized carbons (Fsp3) is 0.304. The minimum absolute atomic E-state index is 0.0312. The maximum absolute atomic E-state index is 12.6. The average molecular weight is 375 g/mol. The Bertz CT molecular complexity index is 926. The molecule has 1 N–H and O–H groups in total. The van der Waals surface area contributed by atoms with Gasteiger partial charge in [0.25, 0.3) is 0 Å². The number of carboxylic acids is 1. The molecule has 4 rings (SSSR count). The summed E-state index contributed by atoms with van der Waals surface area (Å²) >= 11 is 0. The van der Waals surface area contributed by atoms with Crippen LogP contribution in [-0.2, 0) is 9.53 Å². The summed E-state index contributed by atoms with van der Waals surface area (Å²) in [6, 6.07) is 16.5. The molecule has 2 aromatic rings. The van der Waals surface area contributed by atoms with Gasteiger partial charge < -0.3 is 14.7 Å². The number of piperidine rings is 1. The van der Waals surface area contributed by atoms with E-state index in [0.717, 1.165) is 12.8 Å². The quantitative estimate of drug-likeness (QED) is 0.812. The minimum atomic E-state index is -1.14. The SMILES string of the molecule is O=C(O)C#CC1CCCN(C(=O)OCC2c3ccccc3-c3ccccc32)C1. The summed E-state index contributed by atoms with van der Waals surface area (Å²) in [4.78, 5) is 24.9. The van der Waals surface area contributed by atoms with E-state index in [2.05, 4.69) is 36.1 Å². The molecule has 2 aliphatic rings. The lowest BCUT2D eigenvalue weighted by atomic mass is 9.98. The van der Waals surface area contributed by atoms with E-state index in [0.29, 0.717) is 13.1 Å². The molecule has 1 unspecified atom stereocenters. The molecular weight excluding hydrogens is 354 g/mol. The van der Waals surface area contributed by atoms with E-state index >= 15 is 0 Å². The Morgan fingerprint density at radius 3 is 2.36 bits per heavy atom. The number of carbonyl (C=O) groups excluding carboxylic acids is 1. The topological polar surface area (TPSA) is 66.8 Å². The number of carboxylic acid groups (broad SMARTS) is 1. The van der Waals surface area contributed by atoms with E-state index in [1.165, 1.54) is 22.3 Å². The van der Waals surface area contributed by atoms with Crippen molar-refractivity contribution in [3.05, 3.63) is 59.7 Å². The maximum Gasteiger partial charge on any atom is 0.409 e. The maximum atomic E-state index is 12.6. The average Bonchev–Trinajstić information content (AvgIpc) is 3.04. The van der Waals surface area contributed by atoms with E-state index in [4.69, 9.17) is 9.84 Å². The van der Waals surface area contributed by atoms with Gasteiger partial charge in [0.2, 0.25) is 0 Å². The molecule has 1 aliphatic heterocycles. The molecule has 1 heterocycles. The van der Waals surface area contributed by atoms with Gasteiger partial charge in [0.05, 0.1) is 0 Å². The zero-order valence-electron chi connectivity index (χ0n) is 15.4. The highest BCUT2D eigenvalue weighted by Gasteiger charge is 2.30. The molecule has 28 heavy (non-hydrogen) atoms. The lowest BCUT2D eigenvalue weighted by Gasteiger charge is -2.30. The van der Waals surface area contributed by atoms with Crippen molar-refractivity contribution in [2.24, 2.45) is 5.92 Å². The van der Waals surface area contributed by atoms with Gasteiger partial charge in [-0.15, -0.1) is 0 Å². The number of ether oxygens (including phenoxy) is 1. The van der Waals surface area contributed by atoms with Crippen molar-refractivity contribution in [2.75, 3.05) is 19.7 Å². The Balaban J connectivity index is 1.44. The van der Waals surface area contributed by atoms with Gasteiger partial charge >= 0.3 is 12.1 Å². The number of nitrogens with zero attached hydrogens (tertiary/aromatic N) is 1. The van der Waals surface area contributed by atoms with Crippen molar-refractivity contribution in [3.8, 4) is 23.0 Å². The Labute approximate surface area is 163 Å². The predicted molar refractivity (Wildman–Crippen MR) is 105 cm³/mol. The van der Waals surface area contributed by atoms with Crippen LogP contribution in [0.5, 0.6) is 0 Å². The Hall–Kier alpha value is -3.26. The highest BCUT2D eigenvalue weighted by atomic mass is 16.6. The van der Waals surface area contributed by atoms with Crippen molar-refractivity contribution < 1.29 is 19.4 Å². The Morgan fingerprint density at radius 2 is 1.71 bits per heavy atom. The summed E-state index contributed by atoms with van der Waals surface area (Å²) in [5.74, 6) is 3.66. The first kappa shape index (κ1) is 18.1. The monoisotopic (exact) mass is 375 g/mol. The van der Waals surface area contributed by atoms with Crippen LogP contribution in [0.25, 0.3) is 11.1 Å². The second-order valence-electron chi connectivity index (χ2n) is 7.16. The molecule has 0 bridgehead atoms. The standard InChI is InChI=1S/C23H21NO4/c25-22(26)12-11-16-6-5-13-24(14-16)23(27)28-15-21-19-9-3-1-7-17(19)18-8-2-4-10-20(18)21/h1-4,7-10,16,21H,5-6,13-15H2,(H,25,26). The molecule has 1 amide bonds. The van der Waals surface area contributed by atoms with Gasteiger partial charge in [-0.05, 0) is 35.1 Å². The summed E-state index contributed by atoms with van der Waals surface area (Å²) in [5.41, 5.74) is 4.75. The summed E-state index contributed by atoms with van der Waals surface area (Å²) in [5, 5.41) is 8.71. The molecule has 1 aliphatic carbocycles. The van der Waals surface area contributed by atoms with Crippen LogP contribution in [0.3, 0.4) is 0 Å². The van der Waals surface area contributed by atoms with Gasteiger partial charge in [0.15, 0.2) is 0 Å². The van der Waals surface area contributed by atoms with Crippen LogP contribution in [-0.4, -0.2) is 41.8 Å². The van der Waals surface area contributed by atoms with Crippen LogP contribution in [0.15, 0.2) is 48.5 Å². The first-order chi connectivity index (χ1) is 13.6. The molecule has 142 valence electrons. The van der Waals surface area contributed by atoms with Crippen molar-refractivity contribution in [1.82, 2.24) is 4.90 Å². The minimum Gasteiger partial charge on any atom is -0.472 e. The van der Waals surface area contributed by atoms with Crippen LogP contribution in [0.1, 0.15) is 29.9 Å². The number of likely N-dealkylation sites (tertiary alicyclic amines) is 1. The normalized spacial score (nSPS) is 17.9. The van der Waals surface area contributed by atoms with Crippen LogP contribution in [0.4, 0.5) is 4.79 Å². The fourth-order valence-corrected chi connectivity index (χ4v) is 4.11. The van der Waals surface area contributed by atoms with Gasteiger partial charge in [0, 0.05) is 30.8 Å². The van der Waals surface area contributed by atoms with Crippen molar-refractivity contribution >= 4 is 12.1 Å². The predicted octanol–water partition coefficient (Wildman–Crippen LogP) is 3.74. The first-order valence-electron chi connectivity index (χ1n) is 9.48. The molecule has 5 nitrogen and oxygen atoms in total. The smallest absolute Gasteiger partial charge is 0.409 e. The highest BCUT2D eigenvalue weighted by molar-refractivity contribution is 5.86. The van der Waals surface area contributed by atoms with Gasteiger partial charge in [-0.3, -0.25) is 0 Å². The van der Waals surface area contributed by atoms with Crippen molar-refractivity contribution in [3.63, 3.8) is 0 Å². The molecular formula is C23H21NO4. The van der Waals surface area contributed by atoms with E-state index in [-0.39, 0.29) is 24.5 Å². The third kappa shape index (κ3) is 3.59. The van der Waals surface area contributed by atoms with Crippen LogP contribution < -0.4 is 0 Å². The number of carbonyl (C=O) groups is 2. The van der Waals surface area contributed by atoms with Gasteiger partial charge in [0.1, 0.15) is 6.61 Å². The third-order valence-electron chi connectivity index (χ3n) is 5.40. The lowest BCUT2D eigenvalue weighted by molar-refractivity contribution is -0.130. The zero-order chi connectivity index (χ0) is 19.5. The number of benzene rings is 2. The van der Waals surface area contributed by atoms with Crippen LogP contribution in [0, 0.1) is 17.8 Å². The first-order valence-corrected chi connectivity index (χ1v) is 9.48. The Morgan fingerprint density at radius 1 is 1.07 bits per heavy atom. The van der Waals surface area contributed by atoms with Crippen LogP contribution in [0.2, 0.25) is 0 Å². The highest BCUT2D eigenvalue weighted by Crippen LogP contribution is 2.44. The zero-order valence-corrected chi connectivity index (χ0v) is 15.4. The number of fused-ring (bicyclic) bond motifs is 3. The third-order valence-corrected chi connectivity index (χ3v) is 5.40. The van der Waals surface area contributed by atoms with Crippen LogP contribution >= 0.6 is 0 Å². The van der Waals surface area contributed by atoms with E-state index < -0.39 is 5.97 Å². The molecule has 0 spiro atoms. The number of rotatable bonds is 2. The van der Waals surface area contributed by atoms with E-state index in [9.17, 15) is 9.59 Å². The van der Waals surface area contributed by atoms with E-state index in [1.807, 2.05) is 24.3 Å². The number of amides is 1. The molecule has 0 radical (unpaired) electrons. The number of aliphatic carboxylic acids is 1. The largest absolute Gasteiger partial charge is 0.472 e. The van der Waals surface area contributed by atoms with E-state index in [1.54, 1.807) is 4.90 Å². The number of hydrogen-bond donors (Lipinski definition) is 1. The van der Waals surface area contributed by atoms with Crippen molar-refractivity contribution in [2.45, 2.75) is 18.8 Å². The molecule has 2 aromatic carbocycles. The summed E-state index contributed by atoms with van der Waals surface area (Å²) in [6.45, 7) is 1.31. The summed E-state index contributed by atoms with van der Waals surface area (Å²) < 4.78 is 5.68. The molecule has 1 saturated heterocycles. The fourth-order valence-electron chi connectivity index (χ4n) is 4.11. The van der Waals surface area contributed by atoms with Gasteiger partial charge in [-0.1, -0.05) is 54.5 Å².